The summed E-state index contributed by atoms with van der Waals surface area (Å²) in [6.45, 7) is 2.82. The number of carbonyl (C=O) groups is 2. The molecule has 0 saturated carbocycles. The van der Waals surface area contributed by atoms with Gasteiger partial charge in [-0.1, -0.05) is 76.8 Å². The molecular weight excluding hydrogens is 456 g/mol. The number of amides is 2. The van der Waals surface area contributed by atoms with E-state index in [0.29, 0.717) is 23.0 Å². The average molecular weight is 493 g/mol. The third kappa shape index (κ3) is 7.66. The second-order valence-corrected chi connectivity index (χ2v) is 9.04. The van der Waals surface area contributed by atoms with Crippen molar-refractivity contribution < 1.29 is 19.8 Å². The lowest BCUT2D eigenvalue weighted by molar-refractivity contribution is 0.0953. The Morgan fingerprint density at radius 1 is 0.861 bits per heavy atom. The van der Waals surface area contributed by atoms with Crippen molar-refractivity contribution in [3.63, 3.8) is 0 Å². The van der Waals surface area contributed by atoms with E-state index >= 15 is 0 Å². The minimum atomic E-state index is -0.617. The smallest absolute Gasteiger partial charge is 0.295 e. The summed E-state index contributed by atoms with van der Waals surface area (Å²) in [5.41, 5.74) is 1.16. The van der Waals surface area contributed by atoms with Gasteiger partial charge in [0.05, 0.1) is 11.1 Å². The van der Waals surface area contributed by atoms with E-state index in [9.17, 15) is 19.8 Å². The quantitative estimate of drug-likeness (QED) is 0.141. The van der Waals surface area contributed by atoms with Gasteiger partial charge in [-0.3, -0.25) is 9.59 Å². The van der Waals surface area contributed by atoms with Crippen LogP contribution in [0.3, 0.4) is 0 Å². The standard InChI is InChI=1S/C28H36N4O4/c1-2-3-4-5-6-7-8-9-10-11-19-29-27(35)23-14-12-13-22-24(23)30-28(36)25(22)31-32-26(34)20-15-17-21(33)18-16-20/h12-18,30,33,36H,2-11,19H2,1H3,(H,29,35). The number of phenolic OH excluding ortho intramolecular Hbond substituents is 1. The first kappa shape index (κ1) is 26.9. The molecule has 3 rings (SSSR count). The number of aromatic nitrogens is 1. The van der Waals surface area contributed by atoms with Gasteiger partial charge in [-0.25, -0.2) is 0 Å². The van der Waals surface area contributed by atoms with Gasteiger partial charge in [0.25, 0.3) is 11.8 Å². The molecule has 8 heteroatoms. The molecule has 0 fully saturated rings. The Morgan fingerprint density at radius 2 is 1.50 bits per heavy atom. The summed E-state index contributed by atoms with van der Waals surface area (Å²) in [6, 6.07) is 10.7. The minimum Gasteiger partial charge on any atom is -0.508 e. The summed E-state index contributed by atoms with van der Waals surface area (Å²) >= 11 is 0. The number of unbranched alkanes of at least 4 members (excludes halogenated alkanes) is 9. The highest BCUT2D eigenvalue weighted by molar-refractivity contribution is 6.09. The fourth-order valence-corrected chi connectivity index (χ4v) is 4.15. The van der Waals surface area contributed by atoms with Gasteiger partial charge < -0.3 is 20.5 Å². The van der Waals surface area contributed by atoms with Crippen LogP contribution in [-0.2, 0) is 0 Å². The Kier molecular flexibility index (Phi) is 10.5. The molecule has 2 amide bonds. The van der Waals surface area contributed by atoms with Crippen molar-refractivity contribution in [1.29, 1.82) is 0 Å². The third-order valence-corrected chi connectivity index (χ3v) is 6.20. The van der Waals surface area contributed by atoms with Crippen molar-refractivity contribution in [2.24, 2.45) is 10.2 Å². The molecule has 36 heavy (non-hydrogen) atoms. The Labute approximate surface area is 211 Å². The molecule has 192 valence electrons. The van der Waals surface area contributed by atoms with E-state index < -0.39 is 5.91 Å². The van der Waals surface area contributed by atoms with Crippen LogP contribution in [0.25, 0.3) is 10.9 Å². The number of benzene rings is 2. The predicted molar refractivity (Wildman–Crippen MR) is 141 cm³/mol. The fraction of sp³-hybridized carbons (Fsp3) is 0.429. The summed E-state index contributed by atoms with van der Waals surface area (Å²) in [6.07, 6.45) is 12.3. The Morgan fingerprint density at radius 3 is 2.17 bits per heavy atom. The Hall–Kier alpha value is -3.68. The molecule has 1 aromatic heterocycles. The van der Waals surface area contributed by atoms with Crippen LogP contribution in [0.5, 0.6) is 11.6 Å². The van der Waals surface area contributed by atoms with Gasteiger partial charge in [-0.05, 0) is 36.8 Å². The molecule has 0 aliphatic heterocycles. The molecule has 0 atom stereocenters. The zero-order valence-electron chi connectivity index (χ0n) is 20.9. The zero-order valence-corrected chi connectivity index (χ0v) is 20.9. The highest BCUT2D eigenvalue weighted by atomic mass is 16.3. The second kappa shape index (κ2) is 14.0. The first-order valence-electron chi connectivity index (χ1n) is 12.9. The predicted octanol–water partition coefficient (Wildman–Crippen LogP) is 7.15. The number of rotatable bonds is 14. The highest BCUT2D eigenvalue weighted by Gasteiger charge is 2.17. The maximum atomic E-state index is 12.8. The first-order valence-corrected chi connectivity index (χ1v) is 12.9. The summed E-state index contributed by atoms with van der Waals surface area (Å²) in [5.74, 6) is -1.09. The van der Waals surface area contributed by atoms with E-state index in [0.717, 1.165) is 12.8 Å². The fourth-order valence-electron chi connectivity index (χ4n) is 4.15. The Balaban J connectivity index is 1.51. The van der Waals surface area contributed by atoms with Crippen LogP contribution in [0.15, 0.2) is 52.7 Å². The van der Waals surface area contributed by atoms with Crippen molar-refractivity contribution in [3.05, 3.63) is 53.6 Å². The number of para-hydroxylation sites is 1. The molecule has 3 aromatic rings. The van der Waals surface area contributed by atoms with E-state index in [1.54, 1.807) is 18.2 Å². The number of hydrogen-bond acceptors (Lipinski definition) is 5. The molecule has 0 bridgehead atoms. The lowest BCUT2D eigenvalue weighted by atomic mass is 10.1. The van der Waals surface area contributed by atoms with Crippen molar-refractivity contribution in [1.82, 2.24) is 10.3 Å². The van der Waals surface area contributed by atoms with E-state index in [1.165, 1.54) is 75.6 Å². The Bertz CT molecular complexity index is 1170. The van der Waals surface area contributed by atoms with Crippen molar-refractivity contribution in [3.8, 4) is 11.6 Å². The number of carbonyl (C=O) groups excluding carboxylic acids is 2. The number of nitrogens with zero attached hydrogens (tertiary/aromatic N) is 2. The molecule has 0 unspecified atom stereocenters. The largest absolute Gasteiger partial charge is 0.508 e. The van der Waals surface area contributed by atoms with Gasteiger partial charge in [0, 0.05) is 17.5 Å². The molecule has 0 aliphatic carbocycles. The summed E-state index contributed by atoms with van der Waals surface area (Å²) in [7, 11) is 0. The minimum absolute atomic E-state index is 0.0386. The normalized spacial score (nSPS) is 11.4. The van der Waals surface area contributed by atoms with Crippen molar-refractivity contribution in [2.75, 3.05) is 6.54 Å². The van der Waals surface area contributed by atoms with Crippen molar-refractivity contribution in [2.45, 2.75) is 71.1 Å². The molecule has 0 spiro atoms. The maximum Gasteiger partial charge on any atom is 0.295 e. The number of fused-ring (bicyclic) bond motifs is 1. The van der Waals surface area contributed by atoms with E-state index in [1.807, 2.05) is 0 Å². The van der Waals surface area contributed by atoms with Crippen LogP contribution in [0.1, 0.15) is 91.8 Å². The van der Waals surface area contributed by atoms with E-state index in [2.05, 4.69) is 27.5 Å². The van der Waals surface area contributed by atoms with Gasteiger partial charge in [0.2, 0.25) is 5.88 Å². The lowest BCUT2D eigenvalue weighted by Gasteiger charge is -2.06. The monoisotopic (exact) mass is 492 g/mol. The van der Waals surface area contributed by atoms with Crippen LogP contribution >= 0.6 is 0 Å². The van der Waals surface area contributed by atoms with Crippen LogP contribution in [0.2, 0.25) is 0 Å². The zero-order chi connectivity index (χ0) is 25.8. The number of aromatic amines is 1. The SMILES string of the molecule is CCCCCCCCCCCCNC(=O)c1cccc2c(N=NC(=O)c3ccc(O)cc3)c(O)[nH]c12. The number of aromatic hydroxyl groups is 2. The van der Waals surface area contributed by atoms with Crippen LogP contribution < -0.4 is 5.32 Å². The lowest BCUT2D eigenvalue weighted by Crippen LogP contribution is -2.24. The maximum absolute atomic E-state index is 12.8. The average Bonchev–Trinajstić information content (AvgIpc) is 3.21. The van der Waals surface area contributed by atoms with Crippen LogP contribution in [0.4, 0.5) is 5.69 Å². The van der Waals surface area contributed by atoms with Gasteiger partial charge >= 0.3 is 0 Å². The molecule has 1 heterocycles. The molecule has 0 radical (unpaired) electrons. The molecule has 2 aromatic carbocycles. The van der Waals surface area contributed by atoms with Gasteiger partial charge in [0.1, 0.15) is 5.75 Å². The molecular formula is C28H36N4O4. The number of phenols is 1. The van der Waals surface area contributed by atoms with Crippen molar-refractivity contribution >= 4 is 28.4 Å². The summed E-state index contributed by atoms with van der Waals surface area (Å²) < 4.78 is 0. The molecule has 0 saturated heterocycles. The van der Waals surface area contributed by atoms with Gasteiger partial charge in [-0.15, -0.1) is 10.2 Å². The molecule has 4 N–H and O–H groups in total. The topological polar surface area (TPSA) is 127 Å². The number of H-pyrrole nitrogens is 1. The van der Waals surface area contributed by atoms with E-state index in [-0.39, 0.29) is 28.8 Å². The third-order valence-electron chi connectivity index (χ3n) is 6.20. The summed E-state index contributed by atoms with van der Waals surface area (Å²) in [4.78, 5) is 27.8. The number of nitrogens with one attached hydrogen (secondary N) is 2. The molecule has 0 aliphatic rings. The van der Waals surface area contributed by atoms with Gasteiger partial charge in [-0.2, -0.15) is 0 Å². The van der Waals surface area contributed by atoms with Crippen LogP contribution in [-0.4, -0.2) is 33.6 Å². The van der Waals surface area contributed by atoms with E-state index in [4.69, 9.17) is 0 Å². The van der Waals surface area contributed by atoms with Gasteiger partial charge in [0.15, 0.2) is 5.69 Å². The number of azo groups is 1. The first-order chi connectivity index (χ1) is 17.5. The number of hydrogen-bond donors (Lipinski definition) is 4. The molecule has 8 nitrogen and oxygen atoms in total. The highest BCUT2D eigenvalue weighted by Crippen LogP contribution is 2.37. The van der Waals surface area contributed by atoms with Crippen LogP contribution in [0, 0.1) is 0 Å². The second-order valence-electron chi connectivity index (χ2n) is 9.04. The summed E-state index contributed by atoms with van der Waals surface area (Å²) in [5, 5.41) is 30.8.